The Hall–Kier alpha value is -0.0400. The molecule has 2 fully saturated rings. The number of rotatable bonds is 2. The van der Waals surface area contributed by atoms with E-state index in [4.69, 9.17) is 0 Å². The van der Waals surface area contributed by atoms with Gasteiger partial charge in [-0.2, -0.15) is 0 Å². The lowest BCUT2D eigenvalue weighted by molar-refractivity contribution is -0.0406. The summed E-state index contributed by atoms with van der Waals surface area (Å²) in [5, 5.41) is 0. The minimum Gasteiger partial charge on any atom is -0.300 e. The largest absolute Gasteiger partial charge is 0.300 e. The van der Waals surface area contributed by atoms with Crippen molar-refractivity contribution >= 4 is 0 Å². The van der Waals surface area contributed by atoms with E-state index in [1.54, 1.807) is 0 Å². The normalized spacial score (nSPS) is 41.8. The van der Waals surface area contributed by atoms with Crippen molar-refractivity contribution in [1.29, 1.82) is 0 Å². The molecule has 5 unspecified atom stereocenters. The third-order valence-corrected chi connectivity index (χ3v) is 5.61. The van der Waals surface area contributed by atoms with Crippen molar-refractivity contribution < 1.29 is 0 Å². The SMILES string of the molecule is CC(C)C1C(C)C2CCCCCN(C2)C1C(C)C. The van der Waals surface area contributed by atoms with Crippen LogP contribution >= 0.6 is 0 Å². The molecule has 18 heavy (non-hydrogen) atoms. The van der Waals surface area contributed by atoms with Gasteiger partial charge >= 0.3 is 0 Å². The van der Waals surface area contributed by atoms with Gasteiger partial charge in [-0.05, 0) is 49.0 Å². The molecule has 5 atom stereocenters. The van der Waals surface area contributed by atoms with E-state index in [2.05, 4.69) is 39.5 Å². The first-order chi connectivity index (χ1) is 8.52. The molecule has 2 heterocycles. The molecule has 1 heteroatoms. The highest BCUT2D eigenvalue weighted by atomic mass is 15.2. The zero-order chi connectivity index (χ0) is 13.3. The third kappa shape index (κ3) is 2.76. The van der Waals surface area contributed by atoms with Crippen LogP contribution in [-0.4, -0.2) is 24.0 Å². The highest BCUT2D eigenvalue weighted by molar-refractivity contribution is 4.95. The van der Waals surface area contributed by atoms with E-state index in [9.17, 15) is 0 Å². The average Bonchev–Trinajstić information content (AvgIpc) is 2.25. The zero-order valence-electron chi connectivity index (χ0n) is 13.2. The van der Waals surface area contributed by atoms with Gasteiger partial charge in [0.1, 0.15) is 0 Å². The van der Waals surface area contributed by atoms with E-state index in [-0.39, 0.29) is 0 Å². The summed E-state index contributed by atoms with van der Waals surface area (Å²) in [5.41, 5.74) is 0. The predicted octanol–water partition coefficient (Wildman–Crippen LogP) is 4.43. The third-order valence-electron chi connectivity index (χ3n) is 5.61. The van der Waals surface area contributed by atoms with E-state index in [0.29, 0.717) is 0 Å². The number of hydrogen-bond acceptors (Lipinski definition) is 1. The smallest absolute Gasteiger partial charge is 0.0152 e. The Morgan fingerprint density at radius 1 is 0.944 bits per heavy atom. The molecule has 1 nitrogen and oxygen atoms in total. The van der Waals surface area contributed by atoms with Gasteiger partial charge in [-0.1, -0.05) is 47.5 Å². The summed E-state index contributed by atoms with van der Waals surface area (Å²) in [4.78, 5) is 2.86. The van der Waals surface area contributed by atoms with E-state index >= 15 is 0 Å². The molecule has 2 saturated heterocycles. The summed E-state index contributed by atoms with van der Waals surface area (Å²) in [6.45, 7) is 15.1. The minimum atomic E-state index is 0.806. The van der Waals surface area contributed by atoms with E-state index < -0.39 is 0 Å². The van der Waals surface area contributed by atoms with Crippen LogP contribution in [0.2, 0.25) is 0 Å². The fourth-order valence-corrected chi connectivity index (χ4v) is 4.82. The molecule has 0 saturated carbocycles. The molecule has 0 aromatic rings. The molecule has 0 N–H and O–H groups in total. The van der Waals surface area contributed by atoms with Crippen LogP contribution < -0.4 is 0 Å². The molecular weight excluding hydrogens is 218 g/mol. The summed E-state index contributed by atoms with van der Waals surface area (Å²) in [6.07, 6.45) is 5.83. The molecule has 106 valence electrons. The summed E-state index contributed by atoms with van der Waals surface area (Å²) in [5.74, 6) is 4.43. The summed E-state index contributed by atoms with van der Waals surface area (Å²) in [7, 11) is 0. The minimum absolute atomic E-state index is 0.806. The maximum absolute atomic E-state index is 2.86. The van der Waals surface area contributed by atoms with Crippen LogP contribution in [0.15, 0.2) is 0 Å². The molecule has 2 bridgehead atoms. The highest BCUT2D eigenvalue weighted by Crippen LogP contribution is 2.43. The second-order valence-corrected chi connectivity index (χ2v) is 7.52. The topological polar surface area (TPSA) is 3.24 Å². The van der Waals surface area contributed by atoms with Gasteiger partial charge in [-0.15, -0.1) is 0 Å². The van der Waals surface area contributed by atoms with E-state index in [1.165, 1.54) is 38.8 Å². The van der Waals surface area contributed by atoms with Gasteiger partial charge in [0.05, 0.1) is 0 Å². The average molecular weight is 251 g/mol. The van der Waals surface area contributed by atoms with Crippen LogP contribution in [0.5, 0.6) is 0 Å². The maximum atomic E-state index is 2.86. The Morgan fingerprint density at radius 2 is 1.67 bits per heavy atom. The quantitative estimate of drug-likeness (QED) is 0.702. The standard InChI is InChI=1S/C17H33N/c1-12(2)16-14(5)15-9-7-6-8-10-18(11-15)17(16)13(3)4/h12-17H,6-11H2,1-5H3. The highest BCUT2D eigenvalue weighted by Gasteiger charge is 2.43. The maximum Gasteiger partial charge on any atom is 0.0152 e. The summed E-state index contributed by atoms with van der Waals surface area (Å²) >= 11 is 0. The summed E-state index contributed by atoms with van der Waals surface area (Å²) in [6, 6.07) is 0.828. The fraction of sp³-hybridized carbons (Fsp3) is 1.00. The van der Waals surface area contributed by atoms with Gasteiger partial charge in [-0.25, -0.2) is 0 Å². The molecule has 0 spiro atoms. The first-order valence-electron chi connectivity index (χ1n) is 8.26. The first-order valence-corrected chi connectivity index (χ1v) is 8.26. The molecule has 0 amide bonds. The van der Waals surface area contributed by atoms with Crippen LogP contribution in [0.25, 0.3) is 0 Å². The van der Waals surface area contributed by atoms with Gasteiger partial charge in [0.25, 0.3) is 0 Å². The van der Waals surface area contributed by atoms with Gasteiger partial charge < -0.3 is 0 Å². The van der Waals surface area contributed by atoms with Crippen LogP contribution in [0.4, 0.5) is 0 Å². The predicted molar refractivity (Wildman–Crippen MR) is 79.6 cm³/mol. The number of nitrogens with zero attached hydrogens (tertiary/aromatic N) is 1. The van der Waals surface area contributed by atoms with Crippen molar-refractivity contribution in [3.05, 3.63) is 0 Å². The Morgan fingerprint density at radius 3 is 2.28 bits per heavy atom. The van der Waals surface area contributed by atoms with E-state index in [1.807, 2.05) is 0 Å². The number of hydrogen-bond donors (Lipinski definition) is 0. The van der Waals surface area contributed by atoms with Gasteiger partial charge in [0, 0.05) is 12.6 Å². The second-order valence-electron chi connectivity index (χ2n) is 7.52. The van der Waals surface area contributed by atoms with Crippen molar-refractivity contribution in [3.8, 4) is 0 Å². The Balaban J connectivity index is 2.24. The van der Waals surface area contributed by atoms with Gasteiger partial charge in [0.15, 0.2) is 0 Å². The molecule has 0 radical (unpaired) electrons. The van der Waals surface area contributed by atoms with Crippen LogP contribution in [0.1, 0.15) is 60.3 Å². The monoisotopic (exact) mass is 251 g/mol. The Kier molecular flexibility index (Phi) is 4.75. The van der Waals surface area contributed by atoms with Crippen molar-refractivity contribution in [1.82, 2.24) is 4.90 Å². The van der Waals surface area contributed by atoms with Crippen molar-refractivity contribution in [2.45, 2.75) is 66.3 Å². The lowest BCUT2D eigenvalue weighted by Crippen LogP contribution is -2.56. The van der Waals surface area contributed by atoms with Crippen LogP contribution in [-0.2, 0) is 0 Å². The lowest BCUT2D eigenvalue weighted by atomic mass is 9.65. The molecule has 0 aliphatic carbocycles. The second kappa shape index (κ2) is 5.94. The van der Waals surface area contributed by atoms with Gasteiger partial charge in [-0.3, -0.25) is 4.90 Å². The van der Waals surface area contributed by atoms with Gasteiger partial charge in [0.2, 0.25) is 0 Å². The molecule has 0 aromatic carbocycles. The van der Waals surface area contributed by atoms with E-state index in [0.717, 1.165) is 35.6 Å². The van der Waals surface area contributed by atoms with Crippen LogP contribution in [0.3, 0.4) is 0 Å². The molecular formula is C17H33N. The molecule has 2 rings (SSSR count). The Labute approximate surface area is 114 Å². The summed E-state index contributed by atoms with van der Waals surface area (Å²) < 4.78 is 0. The number of fused-ring (bicyclic) bond motifs is 2. The lowest BCUT2D eigenvalue weighted by Gasteiger charge is -2.53. The Bertz CT molecular complexity index is 250. The first kappa shape index (κ1) is 14.4. The van der Waals surface area contributed by atoms with Crippen molar-refractivity contribution in [2.75, 3.05) is 13.1 Å². The van der Waals surface area contributed by atoms with Crippen LogP contribution in [0, 0.1) is 29.6 Å². The zero-order valence-corrected chi connectivity index (χ0v) is 13.2. The molecule has 2 aliphatic heterocycles. The number of piperidine rings is 1. The molecule has 0 aromatic heterocycles. The van der Waals surface area contributed by atoms with Crippen molar-refractivity contribution in [2.24, 2.45) is 29.6 Å². The van der Waals surface area contributed by atoms with Crippen molar-refractivity contribution in [3.63, 3.8) is 0 Å². The molecule has 2 aliphatic rings. The fourth-order valence-electron chi connectivity index (χ4n) is 4.82.